The second kappa shape index (κ2) is 3.39. The Labute approximate surface area is 79.7 Å². The molecule has 2 atom stereocenters. The molecule has 0 aromatic carbocycles. The van der Waals surface area contributed by atoms with Crippen molar-refractivity contribution in [1.82, 2.24) is 10.1 Å². The van der Waals surface area contributed by atoms with E-state index in [1.54, 1.807) is 0 Å². The highest BCUT2D eigenvalue weighted by atomic mass is 16.5. The molecule has 2 rings (SSSR count). The van der Waals surface area contributed by atoms with Gasteiger partial charge in [-0.2, -0.15) is 0 Å². The van der Waals surface area contributed by atoms with Gasteiger partial charge in [-0.05, 0) is 0 Å². The van der Waals surface area contributed by atoms with Crippen molar-refractivity contribution in [2.45, 2.75) is 12.2 Å². The van der Waals surface area contributed by atoms with Crippen molar-refractivity contribution in [3.63, 3.8) is 0 Å². The van der Waals surface area contributed by atoms with Gasteiger partial charge < -0.3 is 19.6 Å². The smallest absolute Gasteiger partial charge is 0.276 e. The zero-order valence-corrected chi connectivity index (χ0v) is 7.33. The molecule has 0 bridgehead atoms. The lowest BCUT2D eigenvalue weighted by Gasteiger charge is -2.12. The standard InChI is InChI=1S/C8H10N2O4/c11-6-3-10(4-7(6)12)8(13)5-1-2-14-9-5/h1-2,6-7,11-12H,3-4H2/t6-,7+. The van der Waals surface area contributed by atoms with Gasteiger partial charge in [0.2, 0.25) is 0 Å². The van der Waals surface area contributed by atoms with Crippen molar-refractivity contribution in [1.29, 1.82) is 0 Å². The van der Waals surface area contributed by atoms with Gasteiger partial charge >= 0.3 is 0 Å². The minimum absolute atomic E-state index is 0.132. The summed E-state index contributed by atoms with van der Waals surface area (Å²) in [6.07, 6.45) is -0.437. The second-order valence-corrected chi connectivity index (χ2v) is 3.23. The molecule has 1 fully saturated rings. The highest BCUT2D eigenvalue weighted by molar-refractivity contribution is 5.92. The summed E-state index contributed by atoms with van der Waals surface area (Å²) in [5.41, 5.74) is 0.186. The van der Waals surface area contributed by atoms with E-state index in [2.05, 4.69) is 9.68 Å². The van der Waals surface area contributed by atoms with Gasteiger partial charge in [0.05, 0.1) is 12.2 Å². The van der Waals surface area contributed by atoms with Crippen LogP contribution in [0.3, 0.4) is 0 Å². The number of aliphatic hydroxyl groups is 2. The zero-order chi connectivity index (χ0) is 10.1. The van der Waals surface area contributed by atoms with E-state index in [1.165, 1.54) is 17.2 Å². The highest BCUT2D eigenvalue weighted by Crippen LogP contribution is 2.12. The van der Waals surface area contributed by atoms with E-state index < -0.39 is 12.2 Å². The molecule has 0 unspecified atom stereocenters. The van der Waals surface area contributed by atoms with Crippen LogP contribution in [0.25, 0.3) is 0 Å². The molecule has 6 nitrogen and oxygen atoms in total. The number of β-amino-alcohol motifs (C(OH)–C–C–N with tert-alkyl or cyclic N) is 2. The first-order valence-electron chi connectivity index (χ1n) is 4.24. The van der Waals surface area contributed by atoms with Crippen LogP contribution in [0, 0.1) is 0 Å². The van der Waals surface area contributed by atoms with Crippen molar-refractivity contribution in [2.75, 3.05) is 13.1 Å². The van der Waals surface area contributed by atoms with Crippen LogP contribution in [0.5, 0.6) is 0 Å². The number of aromatic nitrogens is 1. The predicted molar refractivity (Wildman–Crippen MR) is 44.4 cm³/mol. The van der Waals surface area contributed by atoms with Gasteiger partial charge in [0, 0.05) is 19.2 Å². The van der Waals surface area contributed by atoms with Crippen LogP contribution < -0.4 is 0 Å². The number of nitrogens with zero attached hydrogens (tertiary/aromatic N) is 2. The average Bonchev–Trinajstić information content (AvgIpc) is 2.76. The first-order valence-corrected chi connectivity index (χ1v) is 4.24. The number of hydrogen-bond acceptors (Lipinski definition) is 5. The van der Waals surface area contributed by atoms with Gasteiger partial charge in [-0.25, -0.2) is 0 Å². The topological polar surface area (TPSA) is 86.8 Å². The Balaban J connectivity index is 2.07. The number of carbonyl (C=O) groups excluding carboxylic acids is 1. The summed E-state index contributed by atoms with van der Waals surface area (Å²) in [6, 6.07) is 1.44. The molecule has 0 spiro atoms. The van der Waals surface area contributed by atoms with Gasteiger partial charge in [0.15, 0.2) is 5.69 Å². The zero-order valence-electron chi connectivity index (χ0n) is 7.33. The van der Waals surface area contributed by atoms with Gasteiger partial charge in [-0.1, -0.05) is 5.16 Å². The third-order valence-corrected chi connectivity index (χ3v) is 2.20. The molecular weight excluding hydrogens is 188 g/mol. The average molecular weight is 198 g/mol. The molecule has 6 heteroatoms. The molecule has 1 aromatic rings. The van der Waals surface area contributed by atoms with Gasteiger partial charge in [0.1, 0.15) is 6.26 Å². The van der Waals surface area contributed by atoms with Crippen molar-refractivity contribution >= 4 is 5.91 Å². The minimum atomic E-state index is -0.870. The second-order valence-electron chi connectivity index (χ2n) is 3.23. The third kappa shape index (κ3) is 1.49. The van der Waals surface area contributed by atoms with E-state index in [1.807, 2.05) is 0 Å². The lowest BCUT2D eigenvalue weighted by Crippen LogP contribution is -2.29. The summed E-state index contributed by atoms with van der Waals surface area (Å²) in [5.74, 6) is -0.339. The van der Waals surface area contributed by atoms with E-state index in [-0.39, 0.29) is 24.7 Å². The summed E-state index contributed by atoms with van der Waals surface area (Å²) in [6.45, 7) is 0.264. The van der Waals surface area contributed by atoms with Crippen LogP contribution in [-0.4, -0.2) is 51.5 Å². The Hall–Kier alpha value is -1.40. The Morgan fingerprint density at radius 3 is 2.64 bits per heavy atom. The van der Waals surface area contributed by atoms with Crippen LogP contribution in [0.4, 0.5) is 0 Å². The number of aliphatic hydroxyl groups excluding tert-OH is 2. The van der Waals surface area contributed by atoms with Crippen molar-refractivity contribution in [2.24, 2.45) is 0 Å². The SMILES string of the molecule is O=C(c1ccon1)N1C[C@@H](O)[C@@H](O)C1. The summed E-state index contributed by atoms with van der Waals surface area (Å²) < 4.78 is 4.53. The Kier molecular flexibility index (Phi) is 2.22. The number of carbonyl (C=O) groups is 1. The van der Waals surface area contributed by atoms with Crippen molar-refractivity contribution < 1.29 is 19.5 Å². The third-order valence-electron chi connectivity index (χ3n) is 2.20. The maximum atomic E-state index is 11.6. The number of rotatable bonds is 1. The molecule has 0 saturated carbocycles. The maximum Gasteiger partial charge on any atom is 0.276 e. The Bertz CT molecular complexity index is 314. The molecule has 0 aliphatic carbocycles. The lowest BCUT2D eigenvalue weighted by atomic mass is 10.3. The van der Waals surface area contributed by atoms with Crippen LogP contribution in [0.1, 0.15) is 10.5 Å². The van der Waals surface area contributed by atoms with Gasteiger partial charge in [-0.3, -0.25) is 4.79 Å². The molecule has 2 heterocycles. The molecule has 1 amide bonds. The first-order chi connectivity index (χ1) is 6.68. The molecule has 1 aliphatic heterocycles. The summed E-state index contributed by atoms with van der Waals surface area (Å²) in [4.78, 5) is 12.9. The van der Waals surface area contributed by atoms with Gasteiger partial charge in [-0.15, -0.1) is 0 Å². The fourth-order valence-electron chi connectivity index (χ4n) is 1.42. The fraction of sp³-hybridized carbons (Fsp3) is 0.500. The summed E-state index contributed by atoms with van der Waals surface area (Å²) in [5, 5.41) is 21.9. The lowest BCUT2D eigenvalue weighted by molar-refractivity contribution is 0.0572. The molecule has 1 aromatic heterocycles. The molecular formula is C8H10N2O4. The summed E-state index contributed by atoms with van der Waals surface area (Å²) >= 11 is 0. The number of hydrogen-bond donors (Lipinski definition) is 2. The minimum Gasteiger partial charge on any atom is -0.388 e. The largest absolute Gasteiger partial charge is 0.388 e. The molecule has 1 saturated heterocycles. The van der Waals surface area contributed by atoms with Gasteiger partial charge in [0.25, 0.3) is 5.91 Å². The normalized spacial score (nSPS) is 26.9. The first kappa shape index (κ1) is 9.17. The fourth-order valence-corrected chi connectivity index (χ4v) is 1.42. The molecule has 76 valence electrons. The van der Waals surface area contributed by atoms with E-state index in [0.29, 0.717) is 0 Å². The van der Waals surface area contributed by atoms with Crippen molar-refractivity contribution in [3.05, 3.63) is 18.0 Å². The van der Waals surface area contributed by atoms with Crippen molar-refractivity contribution in [3.8, 4) is 0 Å². The van der Waals surface area contributed by atoms with Crippen LogP contribution >= 0.6 is 0 Å². The molecule has 1 aliphatic rings. The van der Waals surface area contributed by atoms with E-state index in [0.717, 1.165) is 0 Å². The predicted octanol–water partition coefficient (Wildman–Crippen LogP) is -1.15. The summed E-state index contributed by atoms with van der Waals surface area (Å²) in [7, 11) is 0. The van der Waals surface area contributed by atoms with Crippen LogP contribution in [-0.2, 0) is 0 Å². The number of amides is 1. The quantitative estimate of drug-likeness (QED) is 0.595. The molecule has 0 radical (unpaired) electrons. The monoisotopic (exact) mass is 198 g/mol. The number of likely N-dealkylation sites (tertiary alicyclic amines) is 1. The van der Waals surface area contributed by atoms with E-state index in [4.69, 9.17) is 0 Å². The van der Waals surface area contributed by atoms with Crippen LogP contribution in [0.2, 0.25) is 0 Å². The van der Waals surface area contributed by atoms with Crippen LogP contribution in [0.15, 0.2) is 16.9 Å². The Morgan fingerprint density at radius 1 is 1.50 bits per heavy atom. The highest BCUT2D eigenvalue weighted by Gasteiger charge is 2.33. The van der Waals surface area contributed by atoms with E-state index in [9.17, 15) is 15.0 Å². The Morgan fingerprint density at radius 2 is 2.14 bits per heavy atom. The maximum absolute atomic E-state index is 11.6. The van der Waals surface area contributed by atoms with E-state index >= 15 is 0 Å². The molecule has 2 N–H and O–H groups in total. The molecule has 14 heavy (non-hydrogen) atoms.